The van der Waals surface area contributed by atoms with Crippen LogP contribution < -0.4 is 0 Å². The molecule has 0 spiro atoms. The Labute approximate surface area is 875 Å². The lowest BCUT2D eigenvalue weighted by Crippen LogP contribution is -2.23. The van der Waals surface area contributed by atoms with E-state index in [2.05, 4.69) is 219 Å². The molecule has 15 rings (SSSR count). The van der Waals surface area contributed by atoms with Crippen LogP contribution >= 0.6 is 0 Å². The lowest BCUT2D eigenvalue weighted by atomic mass is 9.87. The van der Waals surface area contributed by atoms with Crippen LogP contribution in [0, 0.1) is 49.5 Å². The molecule has 0 radical (unpaired) electrons. The Morgan fingerprint density at radius 3 is 0.599 bits per heavy atom. The number of esters is 9. The number of carbonyl (C=O) groups excluding carboxylic acids is 9. The predicted octanol–water partition coefficient (Wildman–Crippen LogP) is 28.2. The van der Waals surface area contributed by atoms with E-state index in [1.54, 1.807) is 62.7 Å². The maximum absolute atomic E-state index is 11.7. The zero-order valence-electron chi connectivity index (χ0n) is 93.4. The highest BCUT2D eigenvalue weighted by atomic mass is 19.1. The average Bonchev–Trinajstić information content (AvgIpc) is 1.67. The summed E-state index contributed by atoms with van der Waals surface area (Å²) in [6.07, 6.45) is 5.37. The minimum Gasteiger partial charge on any atom is -0.469 e. The van der Waals surface area contributed by atoms with Crippen molar-refractivity contribution >= 4 is 53.7 Å². The highest BCUT2D eigenvalue weighted by Gasteiger charge is 2.48. The molecule has 798 valence electrons. The van der Waals surface area contributed by atoms with Gasteiger partial charge in [0, 0.05) is 104 Å². The summed E-state index contributed by atoms with van der Waals surface area (Å²) in [6.45, 7) is 75.8. The van der Waals surface area contributed by atoms with Gasteiger partial charge in [0.05, 0.1) is 21.4 Å². The minimum absolute atomic E-state index is 0.0468. The van der Waals surface area contributed by atoms with Gasteiger partial charge in [-0.3, -0.25) is 24.1 Å². The van der Waals surface area contributed by atoms with E-state index in [1.165, 1.54) is 72.6 Å². The average molecular weight is 2020 g/mol. The topological polar surface area (TPSA) is 289 Å². The molecule has 22 nitrogen and oxygen atoms in total. The second-order valence-electron chi connectivity index (χ2n) is 41.8. The van der Waals surface area contributed by atoms with Crippen molar-refractivity contribution in [1.82, 2.24) is 0 Å². The molecular formula is C124H164FNO21. The molecule has 8 aromatic rings. The number of halogens is 1. The smallest absolute Gasteiger partial charge is 0.333 e. The molecule has 7 unspecified atom stereocenters. The number of alkyl halides is 1. The van der Waals surface area contributed by atoms with Gasteiger partial charge in [-0.2, -0.15) is 0 Å². The highest BCUT2D eigenvalue weighted by molar-refractivity contribution is 5.90. The van der Waals surface area contributed by atoms with Crippen LogP contribution in [0.3, 0.4) is 0 Å². The van der Waals surface area contributed by atoms with E-state index >= 15 is 0 Å². The third kappa shape index (κ3) is 40.3. The van der Waals surface area contributed by atoms with Gasteiger partial charge in [-0.25, -0.2) is 33.6 Å². The van der Waals surface area contributed by atoms with E-state index in [4.69, 9.17) is 43.3 Å². The first-order valence-corrected chi connectivity index (χ1v) is 49.1. The quantitative estimate of drug-likeness (QED) is 0.0321. The molecular weight excluding hydrogens is 1860 g/mol. The van der Waals surface area contributed by atoms with E-state index in [0.717, 1.165) is 90.9 Å². The number of benzene rings is 8. The monoisotopic (exact) mass is 2020 g/mol. The van der Waals surface area contributed by atoms with Crippen molar-refractivity contribution in [3.8, 4) is 0 Å². The van der Waals surface area contributed by atoms with Crippen molar-refractivity contribution in [1.29, 1.82) is 0 Å². The molecule has 0 fully saturated rings. The van der Waals surface area contributed by atoms with Crippen LogP contribution in [0.5, 0.6) is 0 Å². The van der Waals surface area contributed by atoms with E-state index in [9.17, 15) is 47.5 Å². The lowest BCUT2D eigenvalue weighted by molar-refractivity contribution is -0.445. The zero-order chi connectivity index (χ0) is 112. The van der Waals surface area contributed by atoms with Gasteiger partial charge < -0.3 is 47.4 Å². The fourth-order valence-electron chi connectivity index (χ4n) is 17.3. The molecule has 7 aliphatic carbocycles. The highest BCUT2D eigenvalue weighted by Crippen LogP contribution is 2.54. The first-order chi connectivity index (χ1) is 68.5. The first kappa shape index (κ1) is 130. The van der Waals surface area contributed by atoms with Crippen molar-refractivity contribution in [3.05, 3.63) is 379 Å². The Morgan fingerprint density at radius 1 is 0.293 bits per heavy atom. The molecule has 0 N–H and O–H groups in total. The number of rotatable bonds is 14. The SMILES string of the molecule is C=C(C)C(=O)OC1CC(C)(C)c2ccccc21.C=C(C)C(=O)OC1c2ccccc2CC1(C)C.C=C(C)C(=O)OC1c2ccccc2CC1(C)C.C=C(C)C(=O)OC1c2ccccc2CC1(C)C.C=C(C)C(=O)OC1c2ccccc2CC1(C)C.C=C(C)C(=O)OC1c2ccccc2CC1(C)C.C=C(C)C(=O)OC1c2ccccc2CC1(C)C.CC.CF.COC.COC(C)=O.COC(C)=O.C[N+](=O)[O-].Cc1ccccc1. The van der Waals surface area contributed by atoms with Gasteiger partial charge in [0.25, 0.3) is 0 Å². The number of nitrogens with zero attached hydrogens (tertiary/aromatic N) is 1. The van der Waals surface area contributed by atoms with Gasteiger partial charge in [-0.1, -0.05) is 363 Å². The summed E-state index contributed by atoms with van der Waals surface area (Å²) in [7, 11) is 7.34. The van der Waals surface area contributed by atoms with Gasteiger partial charge >= 0.3 is 53.7 Å². The summed E-state index contributed by atoms with van der Waals surface area (Å²) in [4.78, 5) is 109. The third-order valence-electron chi connectivity index (χ3n) is 24.4. The van der Waals surface area contributed by atoms with Crippen molar-refractivity contribution in [3.63, 3.8) is 0 Å². The summed E-state index contributed by atoms with van der Waals surface area (Å²) in [5.74, 6) is -2.63. The number of hydrogen-bond donors (Lipinski definition) is 0. The molecule has 147 heavy (non-hydrogen) atoms. The molecule has 7 atom stereocenters. The van der Waals surface area contributed by atoms with E-state index in [-0.39, 0.29) is 134 Å². The van der Waals surface area contributed by atoms with Gasteiger partial charge in [0.2, 0.25) is 0 Å². The molecule has 7 aliphatic rings. The maximum atomic E-state index is 11.7. The molecule has 0 saturated carbocycles. The van der Waals surface area contributed by atoms with Crippen LogP contribution in [0.2, 0.25) is 0 Å². The fourth-order valence-corrected chi connectivity index (χ4v) is 17.3. The van der Waals surface area contributed by atoms with Crippen molar-refractivity contribution in [2.24, 2.45) is 32.5 Å². The summed E-state index contributed by atoms with van der Waals surface area (Å²) in [5.41, 5.74) is 21.1. The van der Waals surface area contributed by atoms with Crippen LogP contribution in [-0.4, -0.2) is 101 Å². The Bertz CT molecular complexity index is 5130. The zero-order valence-corrected chi connectivity index (χ0v) is 93.4. The van der Waals surface area contributed by atoms with Crippen molar-refractivity contribution in [2.45, 2.75) is 273 Å². The Balaban J connectivity index is 0.000000555. The second-order valence-corrected chi connectivity index (χ2v) is 41.8. The van der Waals surface area contributed by atoms with Gasteiger partial charge in [-0.15, -0.1) is 0 Å². The number of hydrogen-bond acceptors (Lipinski definition) is 21. The van der Waals surface area contributed by atoms with E-state index < -0.39 is 4.92 Å². The number of fused-ring (bicyclic) bond motifs is 7. The summed E-state index contributed by atoms with van der Waals surface area (Å²) < 4.78 is 60.9. The summed E-state index contributed by atoms with van der Waals surface area (Å²) >= 11 is 0. The van der Waals surface area contributed by atoms with Gasteiger partial charge in [0.15, 0.2) is 7.05 Å². The summed E-state index contributed by atoms with van der Waals surface area (Å²) in [6, 6.07) is 67.4. The molecule has 23 heteroatoms. The van der Waals surface area contributed by atoms with Gasteiger partial charge in [-0.05, 0) is 184 Å². The molecule has 0 heterocycles. The number of aryl methyl sites for hydroxylation is 1. The summed E-state index contributed by atoms with van der Waals surface area (Å²) in [5, 5.41) is 8.81. The molecule has 0 aromatic heterocycles. The second kappa shape index (κ2) is 59.9. The molecule has 8 aromatic carbocycles. The number of nitro groups is 1. The molecule has 0 bridgehead atoms. The van der Waals surface area contributed by atoms with E-state index in [1.807, 2.05) is 159 Å². The van der Waals surface area contributed by atoms with E-state index in [0.29, 0.717) is 46.2 Å². The molecule has 0 aliphatic heterocycles. The Morgan fingerprint density at radius 2 is 0.442 bits per heavy atom. The minimum atomic E-state index is -0.500. The van der Waals surface area contributed by atoms with Gasteiger partial charge in [0.1, 0.15) is 42.7 Å². The van der Waals surface area contributed by atoms with Crippen LogP contribution in [0.1, 0.15) is 306 Å². The lowest BCUT2D eigenvalue weighted by Gasteiger charge is -2.27. The standard InChI is InChI=1S/7C15H18O2.C7H8.2C3H6O2.C2H6O.C2H6.CH3F.CH3NO2/c1-10(2)14(16)17-13-9-15(3,4)12-8-6-5-7-11(12)13;6*1-10(2)14(16)17-13-12-8-6-5-7-11(12)9-15(13,3)4;1-7-5-3-2-4-6-7;2*1-3(4)5-2;1-3-2;2*1-2;1-2(3)4/h7*5-8,13H,1,9H2,2-4H3;2-6H,1H3;2*1-2H3;1-2H3;1-2H3;1H3;1H3. The van der Waals surface area contributed by atoms with Crippen molar-refractivity contribution in [2.75, 3.05) is 42.7 Å². The third-order valence-corrected chi connectivity index (χ3v) is 24.4. The number of carbonyl (C=O) groups is 9. The number of ether oxygens (including phenoxy) is 10. The largest absolute Gasteiger partial charge is 0.469 e. The Hall–Kier alpha value is -13.5. The van der Waals surface area contributed by atoms with Crippen LogP contribution in [0.15, 0.2) is 285 Å². The Kier molecular flexibility index (Phi) is 52.8. The molecule has 0 saturated heterocycles. The normalized spacial score (nSPS) is 18.1. The fraction of sp³-hybridized carbons (Fsp3) is 0.427. The first-order valence-electron chi connectivity index (χ1n) is 49.1. The van der Waals surface area contributed by atoms with Crippen LogP contribution in [0.4, 0.5) is 4.39 Å². The van der Waals surface area contributed by atoms with Crippen molar-refractivity contribution < 1.29 is 99.8 Å². The van der Waals surface area contributed by atoms with Crippen LogP contribution in [-0.2, 0) is 134 Å². The maximum Gasteiger partial charge on any atom is 0.333 e. The van der Waals surface area contributed by atoms with Crippen LogP contribution in [0.25, 0.3) is 0 Å². The number of methoxy groups -OCH3 is 3. The predicted molar refractivity (Wildman–Crippen MR) is 584 cm³/mol. The molecule has 0 amide bonds.